The Morgan fingerprint density at radius 1 is 1.38 bits per heavy atom. The third-order valence-corrected chi connectivity index (χ3v) is 3.43. The normalized spacial score (nSPS) is 15.4. The third-order valence-electron chi connectivity index (χ3n) is 3.43. The minimum atomic E-state index is -4.77. The number of alkyl halides is 3. The largest absolute Gasteiger partial charge is 0.573 e. The summed E-state index contributed by atoms with van der Waals surface area (Å²) in [5, 5.41) is 2.62. The van der Waals surface area contributed by atoms with Crippen molar-refractivity contribution in [3.8, 4) is 5.75 Å². The molecule has 1 N–H and O–H groups in total. The molecule has 0 unspecified atom stereocenters. The number of rotatable bonds is 5. The van der Waals surface area contributed by atoms with Crippen LogP contribution >= 0.6 is 0 Å². The summed E-state index contributed by atoms with van der Waals surface area (Å²) in [6.45, 7) is 0.925. The molecule has 0 atom stereocenters. The molecule has 2 amide bonds. The number of ether oxygens (including phenoxy) is 1. The lowest BCUT2D eigenvalue weighted by molar-refractivity contribution is -0.275. The Bertz CT molecular complexity index is 607. The second-order valence-corrected chi connectivity index (χ2v) is 5.49. The standard InChI is InChI=1S/C15H18F3N3O3/c1-20(10-14(23)21-7-6-19-13(22)9-21)8-11-4-2-3-5-12(11)24-15(16,17)18/h2-5H,6-10H2,1H3,(H,19,22). The zero-order valence-electron chi connectivity index (χ0n) is 13.1. The predicted octanol–water partition coefficient (Wildman–Crippen LogP) is 0.975. The molecule has 1 aliphatic rings. The maximum absolute atomic E-state index is 12.4. The Labute approximate surface area is 137 Å². The number of amides is 2. The molecule has 0 saturated carbocycles. The molecule has 0 bridgehead atoms. The molecule has 0 aliphatic carbocycles. The van der Waals surface area contributed by atoms with Gasteiger partial charge in [0.2, 0.25) is 11.8 Å². The van der Waals surface area contributed by atoms with Crippen LogP contribution in [0.5, 0.6) is 5.75 Å². The van der Waals surface area contributed by atoms with E-state index in [0.717, 1.165) is 0 Å². The zero-order valence-corrected chi connectivity index (χ0v) is 13.1. The molecule has 1 aliphatic heterocycles. The lowest BCUT2D eigenvalue weighted by Gasteiger charge is -2.28. The number of hydrogen-bond donors (Lipinski definition) is 1. The molecule has 2 rings (SSSR count). The Kier molecular flexibility index (Phi) is 5.66. The highest BCUT2D eigenvalue weighted by Gasteiger charge is 2.32. The molecule has 6 nitrogen and oxygen atoms in total. The summed E-state index contributed by atoms with van der Waals surface area (Å²) in [6.07, 6.45) is -4.77. The van der Waals surface area contributed by atoms with Crippen molar-refractivity contribution < 1.29 is 27.5 Å². The summed E-state index contributed by atoms with van der Waals surface area (Å²) in [5.41, 5.74) is 0.321. The first-order chi connectivity index (χ1) is 11.2. The maximum Gasteiger partial charge on any atom is 0.573 e. The molecule has 1 saturated heterocycles. The van der Waals surface area contributed by atoms with Crippen molar-refractivity contribution in [1.29, 1.82) is 0 Å². The van der Waals surface area contributed by atoms with Crippen LogP contribution in [0.1, 0.15) is 5.56 Å². The number of piperazine rings is 1. The van der Waals surface area contributed by atoms with Crippen molar-refractivity contribution in [2.45, 2.75) is 12.9 Å². The number of nitrogens with zero attached hydrogens (tertiary/aromatic N) is 2. The molecule has 9 heteroatoms. The van der Waals surface area contributed by atoms with Gasteiger partial charge >= 0.3 is 6.36 Å². The maximum atomic E-state index is 12.4. The van der Waals surface area contributed by atoms with Gasteiger partial charge in [0, 0.05) is 25.2 Å². The average Bonchev–Trinajstić information content (AvgIpc) is 2.47. The molecule has 1 fully saturated rings. The zero-order chi connectivity index (χ0) is 17.7. The first-order valence-electron chi connectivity index (χ1n) is 7.31. The van der Waals surface area contributed by atoms with Crippen molar-refractivity contribution >= 4 is 11.8 Å². The first-order valence-corrected chi connectivity index (χ1v) is 7.31. The number of halogens is 3. The molecular weight excluding hydrogens is 327 g/mol. The first kappa shape index (κ1) is 18.1. The van der Waals surface area contributed by atoms with E-state index in [9.17, 15) is 22.8 Å². The van der Waals surface area contributed by atoms with Crippen LogP contribution in [-0.2, 0) is 16.1 Å². The topological polar surface area (TPSA) is 61.9 Å². The van der Waals surface area contributed by atoms with Crippen LogP contribution in [0.3, 0.4) is 0 Å². The summed E-state index contributed by atoms with van der Waals surface area (Å²) < 4.78 is 41.2. The predicted molar refractivity (Wildman–Crippen MR) is 79.0 cm³/mol. The second kappa shape index (κ2) is 7.52. The molecule has 1 aromatic carbocycles. The van der Waals surface area contributed by atoms with E-state index in [1.54, 1.807) is 18.0 Å². The third kappa shape index (κ3) is 5.41. The molecule has 132 valence electrons. The van der Waals surface area contributed by atoms with E-state index in [-0.39, 0.29) is 37.2 Å². The quantitative estimate of drug-likeness (QED) is 0.864. The molecule has 0 spiro atoms. The highest BCUT2D eigenvalue weighted by atomic mass is 19.4. The number of benzene rings is 1. The fourth-order valence-corrected chi connectivity index (χ4v) is 2.39. The molecule has 24 heavy (non-hydrogen) atoms. The van der Waals surface area contributed by atoms with Crippen LogP contribution in [0.25, 0.3) is 0 Å². The number of likely N-dealkylation sites (N-methyl/N-ethyl adjacent to an activating group) is 1. The fourth-order valence-electron chi connectivity index (χ4n) is 2.39. The smallest absolute Gasteiger partial charge is 0.405 e. The minimum Gasteiger partial charge on any atom is -0.405 e. The van der Waals surface area contributed by atoms with Gasteiger partial charge in [-0.3, -0.25) is 14.5 Å². The van der Waals surface area contributed by atoms with Crippen LogP contribution in [0, 0.1) is 0 Å². The van der Waals surface area contributed by atoms with Gasteiger partial charge in [-0.15, -0.1) is 13.2 Å². The van der Waals surface area contributed by atoms with E-state index in [0.29, 0.717) is 18.7 Å². The number of carbonyl (C=O) groups is 2. The van der Waals surface area contributed by atoms with Gasteiger partial charge in [0.05, 0.1) is 13.1 Å². The van der Waals surface area contributed by atoms with E-state index < -0.39 is 6.36 Å². The fraction of sp³-hybridized carbons (Fsp3) is 0.467. The van der Waals surface area contributed by atoms with E-state index in [2.05, 4.69) is 10.1 Å². The highest BCUT2D eigenvalue weighted by molar-refractivity contribution is 5.86. The van der Waals surface area contributed by atoms with Crippen molar-refractivity contribution in [3.05, 3.63) is 29.8 Å². The SMILES string of the molecule is CN(CC(=O)N1CCNC(=O)C1)Cc1ccccc1OC(F)(F)F. The van der Waals surface area contributed by atoms with Crippen molar-refractivity contribution in [2.75, 3.05) is 33.2 Å². The van der Waals surface area contributed by atoms with Crippen LogP contribution in [0.15, 0.2) is 24.3 Å². The van der Waals surface area contributed by atoms with E-state index in [4.69, 9.17) is 0 Å². The van der Waals surface area contributed by atoms with E-state index in [1.165, 1.54) is 23.1 Å². The van der Waals surface area contributed by atoms with Crippen molar-refractivity contribution in [1.82, 2.24) is 15.1 Å². The van der Waals surface area contributed by atoms with Crippen molar-refractivity contribution in [3.63, 3.8) is 0 Å². The van der Waals surface area contributed by atoms with Gasteiger partial charge in [0.15, 0.2) is 0 Å². The second-order valence-electron chi connectivity index (χ2n) is 5.49. The molecule has 0 aromatic heterocycles. The van der Waals surface area contributed by atoms with Crippen LogP contribution in [0.4, 0.5) is 13.2 Å². The molecular formula is C15H18F3N3O3. The van der Waals surface area contributed by atoms with Crippen molar-refractivity contribution in [2.24, 2.45) is 0 Å². The van der Waals surface area contributed by atoms with Gasteiger partial charge in [-0.05, 0) is 13.1 Å². The van der Waals surface area contributed by atoms with Gasteiger partial charge in [-0.2, -0.15) is 0 Å². The van der Waals surface area contributed by atoms with Crippen LogP contribution < -0.4 is 10.1 Å². The van der Waals surface area contributed by atoms with Gasteiger partial charge in [-0.25, -0.2) is 0 Å². The van der Waals surface area contributed by atoms with Crippen LogP contribution in [0.2, 0.25) is 0 Å². The highest BCUT2D eigenvalue weighted by Crippen LogP contribution is 2.26. The lowest BCUT2D eigenvalue weighted by atomic mass is 10.2. The number of carbonyl (C=O) groups excluding carboxylic acids is 2. The molecule has 0 radical (unpaired) electrons. The lowest BCUT2D eigenvalue weighted by Crippen LogP contribution is -2.52. The van der Waals surface area contributed by atoms with Gasteiger partial charge in [0.1, 0.15) is 5.75 Å². The molecule has 1 heterocycles. The Hall–Kier alpha value is -2.29. The van der Waals surface area contributed by atoms with Crippen LogP contribution in [-0.4, -0.2) is 61.2 Å². The number of para-hydroxylation sites is 1. The van der Waals surface area contributed by atoms with E-state index in [1.807, 2.05) is 0 Å². The Morgan fingerprint density at radius 3 is 2.75 bits per heavy atom. The Balaban J connectivity index is 1.96. The summed E-state index contributed by atoms with van der Waals surface area (Å²) in [6, 6.07) is 5.79. The van der Waals surface area contributed by atoms with E-state index >= 15 is 0 Å². The minimum absolute atomic E-state index is 0.000442. The number of nitrogens with one attached hydrogen (secondary N) is 1. The monoisotopic (exact) mass is 345 g/mol. The summed E-state index contributed by atoms with van der Waals surface area (Å²) >= 11 is 0. The number of hydrogen-bond acceptors (Lipinski definition) is 4. The summed E-state index contributed by atoms with van der Waals surface area (Å²) in [7, 11) is 1.62. The molecule has 1 aromatic rings. The van der Waals surface area contributed by atoms with Gasteiger partial charge < -0.3 is 15.0 Å². The van der Waals surface area contributed by atoms with Gasteiger partial charge in [0.25, 0.3) is 0 Å². The average molecular weight is 345 g/mol. The van der Waals surface area contributed by atoms with Gasteiger partial charge in [-0.1, -0.05) is 18.2 Å². The Morgan fingerprint density at radius 2 is 2.08 bits per heavy atom. The summed E-state index contributed by atoms with van der Waals surface area (Å²) in [5.74, 6) is -0.760. The summed E-state index contributed by atoms with van der Waals surface area (Å²) in [4.78, 5) is 26.4.